The number of halogens is 1. The number of hydrogen-bond donors (Lipinski definition) is 2. The number of nitrogens with zero attached hydrogens (tertiary/aromatic N) is 1. The summed E-state index contributed by atoms with van der Waals surface area (Å²) in [6, 6.07) is 12.4. The van der Waals surface area contributed by atoms with Gasteiger partial charge in [0.05, 0.1) is 10.5 Å². The Kier molecular flexibility index (Phi) is 4.68. The van der Waals surface area contributed by atoms with E-state index in [0.717, 1.165) is 18.2 Å². The second-order valence-electron chi connectivity index (χ2n) is 5.21. The fourth-order valence-corrected chi connectivity index (χ4v) is 3.50. The van der Waals surface area contributed by atoms with Crippen molar-refractivity contribution in [3.8, 4) is 6.07 Å². The van der Waals surface area contributed by atoms with Crippen LogP contribution < -0.4 is 10.5 Å². The molecule has 124 valence electrons. The first-order chi connectivity index (χ1) is 11.2. The molecular formula is C16H14FN3O3S. The number of rotatable bonds is 5. The maximum absolute atomic E-state index is 13.4. The van der Waals surface area contributed by atoms with Crippen molar-refractivity contribution in [3.63, 3.8) is 0 Å². The van der Waals surface area contributed by atoms with Crippen molar-refractivity contribution in [3.05, 3.63) is 65.5 Å². The minimum absolute atomic E-state index is 0.344. The average Bonchev–Trinajstić information content (AvgIpc) is 2.55. The monoisotopic (exact) mass is 347 g/mol. The van der Waals surface area contributed by atoms with Gasteiger partial charge >= 0.3 is 0 Å². The standard InChI is InChI=1S/C16H14FN3O3S/c1-16(15(19)21,12-5-3-2-4-6-12)20-24(22,23)13-7-8-14(17)11(9-13)10-18/h2-9,20H,1H3,(H2,19,21)/t16-/m1/s1. The third-order valence-corrected chi connectivity index (χ3v) is 5.10. The Hall–Kier alpha value is -2.76. The summed E-state index contributed by atoms with van der Waals surface area (Å²) in [6.45, 7) is 1.33. The molecule has 24 heavy (non-hydrogen) atoms. The van der Waals surface area contributed by atoms with Crippen molar-refractivity contribution < 1.29 is 17.6 Å². The van der Waals surface area contributed by atoms with Crippen LogP contribution in [-0.2, 0) is 20.4 Å². The highest BCUT2D eigenvalue weighted by molar-refractivity contribution is 7.89. The van der Waals surface area contributed by atoms with Gasteiger partial charge in [-0.2, -0.15) is 9.98 Å². The van der Waals surface area contributed by atoms with E-state index in [-0.39, 0.29) is 4.90 Å². The van der Waals surface area contributed by atoms with Gasteiger partial charge in [0.15, 0.2) is 0 Å². The summed E-state index contributed by atoms with van der Waals surface area (Å²) >= 11 is 0. The van der Waals surface area contributed by atoms with Crippen molar-refractivity contribution in [2.45, 2.75) is 17.4 Å². The number of carbonyl (C=O) groups is 1. The molecule has 0 aliphatic heterocycles. The lowest BCUT2D eigenvalue weighted by molar-refractivity contribution is -0.123. The SMILES string of the molecule is C[C@](NS(=O)(=O)c1ccc(F)c(C#N)c1)(C(N)=O)c1ccccc1. The molecule has 0 unspecified atom stereocenters. The van der Waals surface area contributed by atoms with Gasteiger partial charge < -0.3 is 5.73 Å². The van der Waals surface area contributed by atoms with Crippen LogP contribution in [0.3, 0.4) is 0 Å². The van der Waals surface area contributed by atoms with Crippen LogP contribution in [0.15, 0.2) is 53.4 Å². The summed E-state index contributed by atoms with van der Waals surface area (Å²) in [6.07, 6.45) is 0. The molecule has 0 spiro atoms. The number of nitriles is 1. The highest BCUT2D eigenvalue weighted by Crippen LogP contribution is 2.24. The number of sulfonamides is 1. The first-order valence-corrected chi connectivity index (χ1v) is 8.28. The van der Waals surface area contributed by atoms with Crippen LogP contribution in [0, 0.1) is 17.1 Å². The molecular weight excluding hydrogens is 333 g/mol. The van der Waals surface area contributed by atoms with Gasteiger partial charge in [-0.3, -0.25) is 4.79 Å². The van der Waals surface area contributed by atoms with E-state index in [4.69, 9.17) is 11.0 Å². The van der Waals surface area contributed by atoms with Crippen LogP contribution >= 0.6 is 0 Å². The zero-order valence-corrected chi connectivity index (χ0v) is 13.5. The minimum atomic E-state index is -4.23. The molecule has 0 saturated heterocycles. The first kappa shape index (κ1) is 17.6. The minimum Gasteiger partial charge on any atom is -0.368 e. The summed E-state index contributed by atoms with van der Waals surface area (Å²) in [5.74, 6) is -1.74. The van der Waals surface area contributed by atoms with Crippen LogP contribution in [0.5, 0.6) is 0 Å². The lowest BCUT2D eigenvalue weighted by Crippen LogP contribution is -2.52. The smallest absolute Gasteiger partial charge is 0.243 e. The Labute approximate surface area is 138 Å². The Morgan fingerprint density at radius 3 is 2.42 bits per heavy atom. The Bertz CT molecular complexity index is 923. The lowest BCUT2D eigenvalue weighted by Gasteiger charge is -2.27. The van der Waals surface area contributed by atoms with Crippen molar-refractivity contribution in [1.29, 1.82) is 5.26 Å². The number of hydrogen-bond acceptors (Lipinski definition) is 4. The second kappa shape index (κ2) is 6.39. The van der Waals surface area contributed by atoms with Gasteiger partial charge in [-0.25, -0.2) is 12.8 Å². The average molecular weight is 347 g/mol. The summed E-state index contributed by atoms with van der Waals surface area (Å²) < 4.78 is 40.7. The molecule has 1 amide bonds. The lowest BCUT2D eigenvalue weighted by atomic mass is 9.93. The van der Waals surface area contributed by atoms with Crippen molar-refractivity contribution in [2.24, 2.45) is 5.73 Å². The predicted octanol–water partition coefficient (Wildman–Crippen LogP) is 1.38. The molecule has 0 bridgehead atoms. The predicted molar refractivity (Wildman–Crippen MR) is 84.4 cm³/mol. The van der Waals surface area contributed by atoms with E-state index in [1.807, 2.05) is 0 Å². The van der Waals surface area contributed by atoms with Crippen molar-refractivity contribution in [1.82, 2.24) is 4.72 Å². The zero-order chi connectivity index (χ0) is 18.0. The molecule has 0 aliphatic rings. The number of primary amides is 1. The number of nitrogens with one attached hydrogen (secondary N) is 1. The van der Waals surface area contributed by atoms with Gasteiger partial charge in [-0.05, 0) is 30.7 Å². The van der Waals surface area contributed by atoms with Gasteiger partial charge in [-0.15, -0.1) is 0 Å². The normalized spacial score (nSPS) is 13.7. The van der Waals surface area contributed by atoms with Gasteiger partial charge in [0, 0.05) is 0 Å². The fourth-order valence-electron chi connectivity index (χ4n) is 2.11. The molecule has 0 aromatic heterocycles. The molecule has 0 fully saturated rings. The number of carbonyl (C=O) groups excluding carboxylic acids is 1. The highest BCUT2D eigenvalue weighted by atomic mass is 32.2. The number of nitrogens with two attached hydrogens (primary N) is 1. The van der Waals surface area contributed by atoms with Crippen molar-refractivity contribution in [2.75, 3.05) is 0 Å². The molecule has 0 aliphatic carbocycles. The van der Waals surface area contributed by atoms with Gasteiger partial charge in [-0.1, -0.05) is 30.3 Å². The third kappa shape index (κ3) is 3.27. The van der Waals surface area contributed by atoms with E-state index in [1.165, 1.54) is 6.92 Å². The molecule has 2 aromatic rings. The quantitative estimate of drug-likeness (QED) is 0.850. The molecule has 3 N–H and O–H groups in total. The zero-order valence-electron chi connectivity index (χ0n) is 12.7. The van der Waals surface area contributed by atoms with E-state index in [0.29, 0.717) is 5.56 Å². The molecule has 8 heteroatoms. The molecule has 2 aromatic carbocycles. The highest BCUT2D eigenvalue weighted by Gasteiger charge is 2.38. The van der Waals surface area contributed by atoms with E-state index in [2.05, 4.69) is 4.72 Å². The number of benzene rings is 2. The second-order valence-corrected chi connectivity index (χ2v) is 6.90. The van der Waals surface area contributed by atoms with E-state index >= 15 is 0 Å². The Balaban J connectivity index is 2.50. The summed E-state index contributed by atoms with van der Waals surface area (Å²) in [4.78, 5) is 11.5. The maximum atomic E-state index is 13.4. The molecule has 1 atom stereocenters. The van der Waals surface area contributed by atoms with Crippen LogP contribution in [-0.4, -0.2) is 14.3 Å². The molecule has 6 nitrogen and oxygen atoms in total. The molecule has 0 radical (unpaired) electrons. The summed E-state index contributed by atoms with van der Waals surface area (Å²) in [5.41, 5.74) is 3.62. The molecule has 0 heterocycles. The van der Waals surface area contributed by atoms with E-state index in [9.17, 15) is 17.6 Å². The first-order valence-electron chi connectivity index (χ1n) is 6.80. The van der Waals surface area contributed by atoms with E-state index < -0.39 is 32.9 Å². The number of amides is 1. The van der Waals surface area contributed by atoms with Crippen LogP contribution in [0.2, 0.25) is 0 Å². The van der Waals surface area contributed by atoms with Crippen molar-refractivity contribution >= 4 is 15.9 Å². The summed E-state index contributed by atoms with van der Waals surface area (Å²) in [7, 11) is -4.23. The third-order valence-electron chi connectivity index (χ3n) is 3.55. The Morgan fingerprint density at radius 2 is 1.88 bits per heavy atom. The van der Waals surface area contributed by atoms with Gasteiger partial charge in [0.1, 0.15) is 17.4 Å². The Morgan fingerprint density at radius 1 is 1.25 bits per heavy atom. The van der Waals surface area contributed by atoms with Crippen LogP contribution in [0.1, 0.15) is 18.1 Å². The van der Waals surface area contributed by atoms with E-state index in [1.54, 1.807) is 36.4 Å². The van der Waals surface area contributed by atoms with Crippen LogP contribution in [0.25, 0.3) is 0 Å². The van der Waals surface area contributed by atoms with Gasteiger partial charge in [0.2, 0.25) is 15.9 Å². The molecule has 2 rings (SSSR count). The maximum Gasteiger partial charge on any atom is 0.243 e. The molecule has 0 saturated carbocycles. The largest absolute Gasteiger partial charge is 0.368 e. The fraction of sp³-hybridized carbons (Fsp3) is 0.125. The van der Waals surface area contributed by atoms with Gasteiger partial charge in [0.25, 0.3) is 0 Å². The van der Waals surface area contributed by atoms with Crippen LogP contribution in [0.4, 0.5) is 4.39 Å². The topological polar surface area (TPSA) is 113 Å². The summed E-state index contributed by atoms with van der Waals surface area (Å²) in [5, 5.41) is 8.83.